The van der Waals surface area contributed by atoms with Crippen molar-refractivity contribution in [3.8, 4) is 0 Å². The maximum atomic E-state index is 11.3. The summed E-state index contributed by atoms with van der Waals surface area (Å²) in [5, 5.41) is 9.20. The van der Waals surface area contributed by atoms with Gasteiger partial charge in [0.15, 0.2) is 9.34 Å². The van der Waals surface area contributed by atoms with E-state index < -0.39 is 10.0 Å². The van der Waals surface area contributed by atoms with Gasteiger partial charge in [0.2, 0.25) is 10.0 Å². The monoisotopic (exact) mass is 276 g/mol. The highest BCUT2D eigenvalue weighted by molar-refractivity contribution is 7.91. The van der Waals surface area contributed by atoms with Gasteiger partial charge in [-0.1, -0.05) is 11.3 Å². The van der Waals surface area contributed by atoms with E-state index in [9.17, 15) is 8.42 Å². The van der Waals surface area contributed by atoms with Crippen molar-refractivity contribution in [3.63, 3.8) is 0 Å². The Morgan fingerprint density at radius 2 is 2.29 bits per heavy atom. The van der Waals surface area contributed by atoms with Crippen molar-refractivity contribution in [1.82, 2.24) is 10.3 Å². The normalized spacial score (nSPS) is 21.8. The number of aryl methyl sites for hydroxylation is 1. The zero-order chi connectivity index (χ0) is 12.6. The summed E-state index contributed by atoms with van der Waals surface area (Å²) >= 11 is 1.15. The van der Waals surface area contributed by atoms with Crippen LogP contribution in [0.25, 0.3) is 0 Å². The van der Waals surface area contributed by atoms with Crippen LogP contribution in [-0.2, 0) is 10.0 Å². The Kier molecular flexibility index (Phi) is 3.39. The highest BCUT2D eigenvalue weighted by Gasteiger charge is 2.23. The summed E-state index contributed by atoms with van der Waals surface area (Å²) in [4.78, 5) is 6.38. The van der Waals surface area contributed by atoms with Crippen molar-refractivity contribution >= 4 is 26.5 Å². The van der Waals surface area contributed by atoms with Crippen LogP contribution < -0.4 is 15.4 Å². The van der Waals surface area contributed by atoms with E-state index in [4.69, 9.17) is 5.14 Å². The minimum Gasteiger partial charge on any atom is -0.345 e. The van der Waals surface area contributed by atoms with E-state index >= 15 is 0 Å². The first-order chi connectivity index (χ1) is 7.88. The summed E-state index contributed by atoms with van der Waals surface area (Å²) in [7, 11) is -3.65. The third kappa shape index (κ3) is 2.76. The number of anilines is 1. The zero-order valence-corrected chi connectivity index (χ0v) is 11.4. The molecule has 1 aliphatic heterocycles. The smallest absolute Gasteiger partial charge is 0.249 e. The molecule has 2 rings (SSSR count). The van der Waals surface area contributed by atoms with E-state index in [0.717, 1.165) is 36.1 Å². The SMILES string of the molecule is Cc1nc(N2CCN[C@H](C)C2)sc1S(N)(=O)=O. The molecule has 1 atom stereocenters. The van der Waals surface area contributed by atoms with Crippen LogP contribution in [0.1, 0.15) is 12.6 Å². The van der Waals surface area contributed by atoms with E-state index in [1.54, 1.807) is 6.92 Å². The Balaban J connectivity index is 2.28. The van der Waals surface area contributed by atoms with Crippen molar-refractivity contribution in [3.05, 3.63) is 5.69 Å². The second-order valence-corrected chi connectivity index (χ2v) is 6.95. The van der Waals surface area contributed by atoms with Gasteiger partial charge in [-0.2, -0.15) is 0 Å². The third-order valence-corrected chi connectivity index (χ3v) is 5.41. The fourth-order valence-electron chi connectivity index (χ4n) is 1.87. The number of thiazole rings is 1. The van der Waals surface area contributed by atoms with Crippen molar-refractivity contribution in [2.45, 2.75) is 24.1 Å². The topological polar surface area (TPSA) is 88.3 Å². The molecule has 0 saturated carbocycles. The number of hydrogen-bond acceptors (Lipinski definition) is 6. The molecule has 2 heterocycles. The molecule has 17 heavy (non-hydrogen) atoms. The van der Waals surface area contributed by atoms with Crippen LogP contribution >= 0.6 is 11.3 Å². The highest BCUT2D eigenvalue weighted by atomic mass is 32.2. The molecule has 1 aromatic rings. The Morgan fingerprint density at radius 1 is 1.59 bits per heavy atom. The second-order valence-electron chi connectivity index (χ2n) is 4.22. The third-order valence-electron chi connectivity index (χ3n) is 2.64. The Morgan fingerprint density at radius 3 is 2.82 bits per heavy atom. The Hall–Kier alpha value is -0.700. The number of sulfonamides is 1. The van der Waals surface area contributed by atoms with Crippen LogP contribution in [0.4, 0.5) is 5.13 Å². The number of nitrogens with two attached hydrogens (primary N) is 1. The highest BCUT2D eigenvalue weighted by Crippen LogP contribution is 2.29. The van der Waals surface area contributed by atoms with Crippen molar-refractivity contribution in [1.29, 1.82) is 0 Å². The molecule has 0 spiro atoms. The van der Waals surface area contributed by atoms with Gasteiger partial charge in [-0.25, -0.2) is 18.5 Å². The molecule has 1 aliphatic rings. The van der Waals surface area contributed by atoms with Crippen LogP contribution in [0.3, 0.4) is 0 Å². The van der Waals surface area contributed by atoms with E-state index in [0.29, 0.717) is 11.7 Å². The number of nitrogens with one attached hydrogen (secondary N) is 1. The summed E-state index contributed by atoms with van der Waals surface area (Å²) in [6.45, 7) is 6.31. The average molecular weight is 276 g/mol. The standard InChI is InChI=1S/C9H16N4O2S2/c1-6-5-13(4-3-11-6)9-12-7(2)8(16-9)17(10,14)15/h6,11H,3-5H2,1-2H3,(H2,10,14,15)/t6-/m1/s1. The van der Waals surface area contributed by atoms with Crippen LogP contribution in [0, 0.1) is 6.92 Å². The summed E-state index contributed by atoms with van der Waals surface area (Å²) in [5.74, 6) is 0. The molecule has 0 aliphatic carbocycles. The Bertz CT molecular complexity index is 511. The lowest BCUT2D eigenvalue weighted by Crippen LogP contribution is -2.49. The molecule has 1 saturated heterocycles. The molecule has 3 N–H and O–H groups in total. The predicted molar refractivity (Wildman–Crippen MR) is 67.9 cm³/mol. The number of rotatable bonds is 2. The van der Waals surface area contributed by atoms with Crippen molar-refractivity contribution in [2.24, 2.45) is 5.14 Å². The number of primary sulfonamides is 1. The molecule has 96 valence electrons. The molecule has 0 bridgehead atoms. The quantitative estimate of drug-likeness (QED) is 0.787. The lowest BCUT2D eigenvalue weighted by Gasteiger charge is -2.31. The average Bonchev–Trinajstić information content (AvgIpc) is 2.60. The van der Waals surface area contributed by atoms with Gasteiger partial charge >= 0.3 is 0 Å². The van der Waals surface area contributed by atoms with Crippen LogP contribution in [0.2, 0.25) is 0 Å². The second kappa shape index (κ2) is 4.52. The van der Waals surface area contributed by atoms with Crippen LogP contribution in [0.15, 0.2) is 4.21 Å². The van der Waals surface area contributed by atoms with E-state index in [2.05, 4.69) is 22.1 Å². The summed E-state index contributed by atoms with van der Waals surface area (Å²) in [6, 6.07) is 0.380. The number of aromatic nitrogens is 1. The number of nitrogens with zero attached hydrogens (tertiary/aromatic N) is 2. The molecular weight excluding hydrogens is 260 g/mol. The maximum absolute atomic E-state index is 11.3. The van der Waals surface area contributed by atoms with Gasteiger partial charge in [-0.3, -0.25) is 0 Å². The van der Waals surface area contributed by atoms with Gasteiger partial charge in [0.05, 0.1) is 5.69 Å². The molecule has 0 unspecified atom stereocenters. The summed E-state index contributed by atoms with van der Waals surface area (Å²) in [5.41, 5.74) is 0.485. The molecule has 8 heteroatoms. The van der Waals surface area contributed by atoms with Gasteiger partial charge < -0.3 is 10.2 Å². The van der Waals surface area contributed by atoms with E-state index in [1.165, 1.54) is 0 Å². The van der Waals surface area contributed by atoms with Gasteiger partial charge in [0, 0.05) is 25.7 Å². The first-order valence-electron chi connectivity index (χ1n) is 5.36. The predicted octanol–water partition coefficient (Wildman–Crippen LogP) is -0.103. The molecule has 0 radical (unpaired) electrons. The minimum absolute atomic E-state index is 0.165. The van der Waals surface area contributed by atoms with Gasteiger partial charge in [-0.15, -0.1) is 0 Å². The number of hydrogen-bond donors (Lipinski definition) is 2. The maximum Gasteiger partial charge on any atom is 0.249 e. The molecule has 0 aromatic carbocycles. The van der Waals surface area contributed by atoms with E-state index in [1.807, 2.05) is 0 Å². The molecule has 1 aromatic heterocycles. The lowest BCUT2D eigenvalue weighted by atomic mass is 10.2. The zero-order valence-electron chi connectivity index (χ0n) is 9.80. The largest absolute Gasteiger partial charge is 0.345 e. The molecule has 0 amide bonds. The van der Waals surface area contributed by atoms with Crippen molar-refractivity contribution < 1.29 is 8.42 Å². The Labute approximate surface area is 105 Å². The van der Waals surface area contributed by atoms with Gasteiger partial charge in [0.25, 0.3) is 0 Å². The molecular formula is C9H16N4O2S2. The number of piperazine rings is 1. The first kappa shape index (κ1) is 12.7. The fraction of sp³-hybridized carbons (Fsp3) is 0.667. The van der Waals surface area contributed by atoms with Crippen LogP contribution in [-0.4, -0.2) is 39.1 Å². The van der Waals surface area contributed by atoms with Gasteiger partial charge in [-0.05, 0) is 13.8 Å². The van der Waals surface area contributed by atoms with Crippen LogP contribution in [0.5, 0.6) is 0 Å². The summed E-state index contributed by atoms with van der Waals surface area (Å²) < 4.78 is 22.8. The fourth-order valence-corrected chi connectivity index (χ4v) is 3.86. The molecule has 6 nitrogen and oxygen atoms in total. The van der Waals surface area contributed by atoms with Gasteiger partial charge in [0.1, 0.15) is 0 Å². The minimum atomic E-state index is -3.65. The molecule has 1 fully saturated rings. The summed E-state index contributed by atoms with van der Waals surface area (Å²) in [6.07, 6.45) is 0. The lowest BCUT2D eigenvalue weighted by molar-refractivity contribution is 0.484. The van der Waals surface area contributed by atoms with E-state index in [-0.39, 0.29) is 4.21 Å². The first-order valence-corrected chi connectivity index (χ1v) is 7.73. The van der Waals surface area contributed by atoms with Crippen molar-refractivity contribution in [2.75, 3.05) is 24.5 Å².